The summed E-state index contributed by atoms with van der Waals surface area (Å²) in [5.41, 5.74) is 2.10. The van der Waals surface area contributed by atoms with Crippen molar-refractivity contribution in [3.63, 3.8) is 0 Å². The summed E-state index contributed by atoms with van der Waals surface area (Å²) in [6.45, 7) is 0. The van der Waals surface area contributed by atoms with Gasteiger partial charge in [0.05, 0.1) is 0 Å². The molecule has 2 aromatic rings. The van der Waals surface area contributed by atoms with E-state index in [1.807, 2.05) is 5.43 Å². The van der Waals surface area contributed by atoms with Gasteiger partial charge >= 0.3 is 6.36 Å². The molecule has 0 radical (unpaired) electrons. The number of rotatable bonds is 4. The van der Waals surface area contributed by atoms with E-state index in [1.54, 1.807) is 0 Å². The number of alkyl halides is 3. The Morgan fingerprint density at radius 1 is 1.39 bits per heavy atom. The highest BCUT2D eigenvalue weighted by atomic mass is 35.5. The lowest BCUT2D eigenvalue weighted by Gasteiger charge is -2.09. The van der Waals surface area contributed by atoms with Gasteiger partial charge in [0, 0.05) is 22.9 Å². The fourth-order valence-corrected chi connectivity index (χ4v) is 1.78. The zero-order valence-electron chi connectivity index (χ0n) is 11.2. The normalized spacial score (nSPS) is 11.7. The number of nitrogens with two attached hydrogens (primary N) is 1. The van der Waals surface area contributed by atoms with E-state index >= 15 is 0 Å². The molecule has 11 heteroatoms. The van der Waals surface area contributed by atoms with E-state index in [-0.39, 0.29) is 16.4 Å². The maximum Gasteiger partial charge on any atom is 0.573 e. The van der Waals surface area contributed by atoms with E-state index in [9.17, 15) is 18.0 Å². The summed E-state index contributed by atoms with van der Waals surface area (Å²) in [4.78, 5) is 14.9. The lowest BCUT2D eigenvalue weighted by atomic mass is 10.2. The van der Waals surface area contributed by atoms with Crippen LogP contribution in [0.15, 0.2) is 30.6 Å². The minimum absolute atomic E-state index is 0.0242. The number of aromatic nitrogens is 3. The lowest BCUT2D eigenvalue weighted by Crippen LogP contribution is -2.28. The number of ether oxygens (including phenoxy) is 1. The molecule has 0 aliphatic rings. The molecule has 2 rings (SSSR count). The van der Waals surface area contributed by atoms with Crippen LogP contribution in [-0.4, -0.2) is 27.0 Å². The Hall–Kier alpha value is -2.59. The minimum Gasteiger partial charge on any atom is -0.406 e. The van der Waals surface area contributed by atoms with E-state index in [1.165, 1.54) is 23.3 Å². The molecule has 1 aromatic carbocycles. The van der Waals surface area contributed by atoms with Gasteiger partial charge < -0.3 is 4.74 Å². The largest absolute Gasteiger partial charge is 0.573 e. The molecule has 0 saturated carbocycles. The third-order valence-electron chi connectivity index (χ3n) is 2.39. The van der Waals surface area contributed by atoms with Crippen LogP contribution in [0.5, 0.6) is 5.75 Å². The molecular formula is C12H9ClF3N5O2. The summed E-state index contributed by atoms with van der Waals surface area (Å²) >= 11 is 5.77. The SMILES string of the molecule is NNC(=O)/C=C\n1cnc(-c2cc(Cl)cc(OC(F)(F)F)c2)n1. The van der Waals surface area contributed by atoms with E-state index < -0.39 is 18.0 Å². The van der Waals surface area contributed by atoms with Crippen molar-refractivity contribution < 1.29 is 22.7 Å². The third-order valence-corrected chi connectivity index (χ3v) is 2.61. The van der Waals surface area contributed by atoms with Crippen molar-refractivity contribution in [2.75, 3.05) is 0 Å². The fourth-order valence-electron chi connectivity index (χ4n) is 1.56. The molecule has 0 bridgehead atoms. The second kappa shape index (κ2) is 6.67. The van der Waals surface area contributed by atoms with Crippen molar-refractivity contribution in [1.29, 1.82) is 0 Å². The Morgan fingerprint density at radius 3 is 2.78 bits per heavy atom. The first-order valence-corrected chi connectivity index (χ1v) is 6.31. The summed E-state index contributed by atoms with van der Waals surface area (Å²) in [6.07, 6.45) is -1.24. The average Bonchev–Trinajstić information content (AvgIpc) is 2.91. The van der Waals surface area contributed by atoms with Crippen LogP contribution in [0, 0.1) is 0 Å². The summed E-state index contributed by atoms with van der Waals surface area (Å²) in [5, 5.41) is 3.99. The zero-order valence-corrected chi connectivity index (χ0v) is 12.0. The van der Waals surface area contributed by atoms with E-state index in [2.05, 4.69) is 14.8 Å². The van der Waals surface area contributed by atoms with Gasteiger partial charge in [0.2, 0.25) is 0 Å². The van der Waals surface area contributed by atoms with E-state index in [0.717, 1.165) is 18.2 Å². The first-order valence-electron chi connectivity index (χ1n) is 5.93. The summed E-state index contributed by atoms with van der Waals surface area (Å²) < 4.78 is 41.8. The second-order valence-electron chi connectivity index (χ2n) is 4.10. The number of hydrogen-bond acceptors (Lipinski definition) is 5. The number of benzene rings is 1. The van der Waals surface area contributed by atoms with Gasteiger partial charge in [-0.1, -0.05) is 11.6 Å². The van der Waals surface area contributed by atoms with E-state index in [4.69, 9.17) is 17.4 Å². The van der Waals surface area contributed by atoms with Crippen molar-refractivity contribution in [2.45, 2.75) is 6.36 Å². The van der Waals surface area contributed by atoms with Crippen molar-refractivity contribution in [3.8, 4) is 17.1 Å². The number of hydrazine groups is 1. The highest BCUT2D eigenvalue weighted by Gasteiger charge is 2.31. The quantitative estimate of drug-likeness (QED) is 0.381. The summed E-state index contributed by atoms with van der Waals surface area (Å²) in [6, 6.07) is 3.48. The second-order valence-corrected chi connectivity index (χ2v) is 4.53. The van der Waals surface area contributed by atoms with Gasteiger partial charge in [-0.15, -0.1) is 18.3 Å². The Morgan fingerprint density at radius 2 is 2.13 bits per heavy atom. The van der Waals surface area contributed by atoms with Crippen LogP contribution in [0.25, 0.3) is 17.6 Å². The standard InChI is InChI=1S/C12H9ClF3N5O2/c13-8-3-7(4-9(5-8)23-12(14,15)16)11-18-6-21(20-11)2-1-10(22)19-17/h1-6H,17H2,(H,19,22)/b2-1-. The Labute approximate surface area is 132 Å². The van der Waals surface area contributed by atoms with Gasteiger partial charge in [0.15, 0.2) is 5.82 Å². The molecule has 23 heavy (non-hydrogen) atoms. The molecule has 1 heterocycles. The number of carbonyl (C=O) groups excluding carboxylic acids is 1. The van der Waals surface area contributed by atoms with Crippen molar-refractivity contribution >= 4 is 23.7 Å². The first-order chi connectivity index (χ1) is 10.8. The molecule has 0 saturated heterocycles. The molecule has 0 aliphatic carbocycles. The Bertz CT molecular complexity index is 745. The van der Waals surface area contributed by atoms with Crippen LogP contribution in [0.4, 0.5) is 13.2 Å². The number of halogens is 4. The molecule has 3 N–H and O–H groups in total. The maximum atomic E-state index is 12.3. The molecule has 0 spiro atoms. The molecule has 122 valence electrons. The Balaban J connectivity index is 2.27. The number of hydrogen-bond donors (Lipinski definition) is 2. The highest BCUT2D eigenvalue weighted by molar-refractivity contribution is 6.31. The number of carbonyl (C=O) groups is 1. The number of nitrogens with one attached hydrogen (secondary N) is 1. The first kappa shape index (κ1) is 16.8. The zero-order chi connectivity index (χ0) is 17.0. The van der Waals surface area contributed by atoms with Gasteiger partial charge in [-0.3, -0.25) is 10.2 Å². The van der Waals surface area contributed by atoms with Crippen LogP contribution in [0.2, 0.25) is 5.02 Å². The van der Waals surface area contributed by atoms with Crippen LogP contribution >= 0.6 is 11.6 Å². The number of amides is 1. The molecule has 0 fully saturated rings. The summed E-state index contributed by atoms with van der Waals surface area (Å²) in [5.74, 6) is 3.94. The van der Waals surface area contributed by atoms with Gasteiger partial charge in [-0.25, -0.2) is 15.5 Å². The van der Waals surface area contributed by atoms with Gasteiger partial charge in [-0.05, 0) is 18.2 Å². The van der Waals surface area contributed by atoms with Crippen LogP contribution < -0.4 is 16.0 Å². The van der Waals surface area contributed by atoms with Crippen molar-refractivity contribution in [2.24, 2.45) is 5.84 Å². The van der Waals surface area contributed by atoms with Crippen molar-refractivity contribution in [1.82, 2.24) is 20.2 Å². The van der Waals surface area contributed by atoms with Gasteiger partial charge in [0.25, 0.3) is 5.91 Å². The minimum atomic E-state index is -4.84. The number of nitrogens with zero attached hydrogens (tertiary/aromatic N) is 3. The predicted octanol–water partition coefficient (Wildman–Crippen LogP) is 1.96. The average molecular weight is 348 g/mol. The fraction of sp³-hybridized carbons (Fsp3) is 0.0833. The van der Waals surface area contributed by atoms with Crippen LogP contribution in [0.3, 0.4) is 0 Å². The molecular weight excluding hydrogens is 339 g/mol. The highest BCUT2D eigenvalue weighted by Crippen LogP contribution is 2.30. The molecule has 1 amide bonds. The van der Waals surface area contributed by atoms with E-state index in [0.29, 0.717) is 0 Å². The monoisotopic (exact) mass is 347 g/mol. The molecule has 0 aliphatic heterocycles. The maximum absolute atomic E-state index is 12.3. The van der Waals surface area contributed by atoms with Gasteiger partial charge in [-0.2, -0.15) is 0 Å². The van der Waals surface area contributed by atoms with Crippen LogP contribution in [0.1, 0.15) is 0 Å². The van der Waals surface area contributed by atoms with Crippen LogP contribution in [-0.2, 0) is 4.79 Å². The molecule has 0 atom stereocenters. The lowest BCUT2D eigenvalue weighted by molar-refractivity contribution is -0.274. The molecule has 0 unspecified atom stereocenters. The van der Waals surface area contributed by atoms with Gasteiger partial charge in [0.1, 0.15) is 12.1 Å². The topological polar surface area (TPSA) is 95.1 Å². The summed E-state index contributed by atoms with van der Waals surface area (Å²) in [7, 11) is 0. The molecule has 1 aromatic heterocycles. The Kier molecular flexibility index (Phi) is 4.86. The van der Waals surface area contributed by atoms with Crippen molar-refractivity contribution in [3.05, 3.63) is 35.6 Å². The molecule has 7 nitrogen and oxygen atoms in total. The smallest absolute Gasteiger partial charge is 0.406 e. The predicted molar refractivity (Wildman–Crippen MR) is 74.8 cm³/mol. The third kappa shape index (κ3) is 4.97.